The summed E-state index contributed by atoms with van der Waals surface area (Å²) in [7, 11) is -3.69. The molecule has 8 nitrogen and oxygen atoms in total. The lowest BCUT2D eigenvalue weighted by molar-refractivity contribution is 0.164. The molecule has 1 aliphatic rings. The molecule has 1 saturated heterocycles. The summed E-state index contributed by atoms with van der Waals surface area (Å²) in [6, 6.07) is 0.501. The minimum atomic E-state index is -3.69. The van der Waals surface area contributed by atoms with Gasteiger partial charge in [-0.1, -0.05) is 6.42 Å². The molecule has 0 spiro atoms. The highest BCUT2D eigenvalue weighted by molar-refractivity contribution is 7.89. The van der Waals surface area contributed by atoms with E-state index in [0.717, 1.165) is 6.54 Å². The van der Waals surface area contributed by atoms with Crippen LogP contribution < -0.4 is 4.72 Å². The van der Waals surface area contributed by atoms with E-state index < -0.39 is 10.0 Å². The third kappa shape index (κ3) is 3.84. The van der Waals surface area contributed by atoms with Crippen LogP contribution in [0.2, 0.25) is 0 Å². The van der Waals surface area contributed by atoms with Crippen molar-refractivity contribution in [1.29, 1.82) is 0 Å². The van der Waals surface area contributed by atoms with Gasteiger partial charge < -0.3 is 9.40 Å². The van der Waals surface area contributed by atoms with Gasteiger partial charge in [0.2, 0.25) is 15.9 Å². The quantitative estimate of drug-likeness (QED) is 0.794. The van der Waals surface area contributed by atoms with E-state index in [2.05, 4.69) is 31.7 Å². The molecule has 2 aromatic heterocycles. The molecule has 1 atom stereocenters. The standard InChI is InChI=1S/C17H27N5O3S/c1-11-7-5-6-9-22(11)10-8-18-26(23,24)16-13(3)19-12(2)15(16)17-21-20-14(4)25-17/h11,18-19H,5-10H2,1-4H3. The lowest BCUT2D eigenvalue weighted by atomic mass is 10.0. The molecule has 9 heteroatoms. The van der Waals surface area contributed by atoms with E-state index in [4.69, 9.17) is 4.42 Å². The van der Waals surface area contributed by atoms with Crippen molar-refractivity contribution in [3.05, 3.63) is 17.3 Å². The SMILES string of the molecule is Cc1nnc(-c2c(C)[nH]c(C)c2S(=O)(=O)NCCN2CCCCC2C)o1. The van der Waals surface area contributed by atoms with Gasteiger partial charge in [0.05, 0.1) is 5.56 Å². The van der Waals surface area contributed by atoms with Gasteiger partial charge >= 0.3 is 0 Å². The summed E-state index contributed by atoms with van der Waals surface area (Å²) in [5, 5.41) is 7.81. The van der Waals surface area contributed by atoms with Gasteiger partial charge in [-0.3, -0.25) is 4.90 Å². The van der Waals surface area contributed by atoms with Gasteiger partial charge in [0.1, 0.15) is 4.90 Å². The number of aryl methyl sites for hydroxylation is 3. The fourth-order valence-corrected chi connectivity index (χ4v) is 5.10. The van der Waals surface area contributed by atoms with E-state index in [1.54, 1.807) is 20.8 Å². The first kappa shape index (κ1) is 19.1. The van der Waals surface area contributed by atoms with Crippen molar-refractivity contribution in [3.8, 4) is 11.5 Å². The molecule has 0 radical (unpaired) electrons. The molecule has 0 aliphatic carbocycles. The number of likely N-dealkylation sites (tertiary alicyclic amines) is 1. The van der Waals surface area contributed by atoms with Gasteiger partial charge in [-0.15, -0.1) is 10.2 Å². The summed E-state index contributed by atoms with van der Waals surface area (Å²) in [6.45, 7) is 9.52. The third-order valence-electron chi connectivity index (χ3n) is 4.96. The van der Waals surface area contributed by atoms with Gasteiger partial charge in [-0.25, -0.2) is 13.1 Å². The van der Waals surface area contributed by atoms with Gasteiger partial charge in [0.25, 0.3) is 5.89 Å². The van der Waals surface area contributed by atoms with Gasteiger partial charge in [0.15, 0.2) is 0 Å². The normalized spacial score (nSPS) is 19.2. The first-order valence-corrected chi connectivity index (χ1v) is 10.5. The minimum absolute atomic E-state index is 0.186. The predicted molar refractivity (Wildman–Crippen MR) is 98.4 cm³/mol. The van der Waals surface area contributed by atoms with E-state index in [0.29, 0.717) is 42.0 Å². The highest BCUT2D eigenvalue weighted by Crippen LogP contribution is 2.32. The molecule has 2 N–H and O–H groups in total. The second kappa shape index (κ2) is 7.50. The number of sulfonamides is 1. The third-order valence-corrected chi connectivity index (χ3v) is 6.59. The van der Waals surface area contributed by atoms with Crippen molar-refractivity contribution < 1.29 is 12.8 Å². The highest BCUT2D eigenvalue weighted by Gasteiger charge is 2.29. The maximum Gasteiger partial charge on any atom is 0.250 e. The maximum atomic E-state index is 13.0. The fraction of sp³-hybridized carbons (Fsp3) is 0.647. The van der Waals surface area contributed by atoms with Crippen LogP contribution in [0.1, 0.15) is 43.5 Å². The number of hydrogen-bond acceptors (Lipinski definition) is 6. The number of aromatic amines is 1. The zero-order chi connectivity index (χ0) is 18.9. The molecular formula is C17H27N5O3S. The topological polar surface area (TPSA) is 104 Å². The van der Waals surface area contributed by atoms with E-state index in [1.807, 2.05) is 0 Å². The number of hydrogen-bond donors (Lipinski definition) is 2. The zero-order valence-corrected chi connectivity index (χ0v) is 16.6. The molecular weight excluding hydrogens is 354 g/mol. The number of H-pyrrole nitrogens is 1. The lowest BCUT2D eigenvalue weighted by Gasteiger charge is -2.33. The summed E-state index contributed by atoms with van der Waals surface area (Å²) < 4.78 is 34.1. The van der Waals surface area contributed by atoms with Crippen LogP contribution in [0.25, 0.3) is 11.5 Å². The maximum absolute atomic E-state index is 13.0. The zero-order valence-electron chi connectivity index (χ0n) is 15.8. The predicted octanol–water partition coefficient (Wildman–Crippen LogP) is 2.14. The Bertz CT molecular complexity index is 871. The van der Waals surface area contributed by atoms with E-state index in [9.17, 15) is 8.42 Å². The molecule has 1 unspecified atom stereocenters. The van der Waals surface area contributed by atoms with Crippen LogP contribution in [0.15, 0.2) is 9.31 Å². The Hall–Kier alpha value is -1.71. The van der Waals surface area contributed by atoms with E-state index in [-0.39, 0.29) is 10.8 Å². The molecule has 0 amide bonds. The Labute approximate surface area is 154 Å². The first-order valence-electron chi connectivity index (χ1n) is 9.03. The second-order valence-electron chi connectivity index (χ2n) is 6.98. The van der Waals surface area contributed by atoms with Crippen LogP contribution in [0.3, 0.4) is 0 Å². The molecule has 0 saturated carbocycles. The van der Waals surface area contributed by atoms with Crippen molar-refractivity contribution in [3.63, 3.8) is 0 Å². The summed E-state index contributed by atoms with van der Waals surface area (Å²) >= 11 is 0. The van der Waals surface area contributed by atoms with Crippen molar-refractivity contribution in [2.75, 3.05) is 19.6 Å². The molecule has 26 heavy (non-hydrogen) atoms. The Kier molecular flexibility index (Phi) is 5.50. The Morgan fingerprint density at radius 1 is 1.23 bits per heavy atom. The summed E-state index contributed by atoms with van der Waals surface area (Å²) in [6.07, 6.45) is 3.59. The Morgan fingerprint density at radius 2 is 2.00 bits per heavy atom. The van der Waals surface area contributed by atoms with Gasteiger partial charge in [-0.05, 0) is 40.2 Å². The van der Waals surface area contributed by atoms with Crippen molar-refractivity contribution in [2.24, 2.45) is 0 Å². The molecule has 2 aromatic rings. The van der Waals surface area contributed by atoms with Crippen LogP contribution in [-0.4, -0.2) is 54.2 Å². The monoisotopic (exact) mass is 381 g/mol. The summed E-state index contributed by atoms with van der Waals surface area (Å²) in [5.41, 5.74) is 1.70. The van der Waals surface area contributed by atoms with Gasteiger partial charge in [-0.2, -0.15) is 0 Å². The number of aromatic nitrogens is 3. The second-order valence-corrected chi connectivity index (χ2v) is 8.69. The van der Waals surface area contributed by atoms with Gasteiger partial charge in [0, 0.05) is 37.4 Å². The minimum Gasteiger partial charge on any atom is -0.421 e. The lowest BCUT2D eigenvalue weighted by Crippen LogP contribution is -2.42. The smallest absolute Gasteiger partial charge is 0.250 e. The first-order chi connectivity index (χ1) is 12.3. The van der Waals surface area contributed by atoms with Crippen LogP contribution >= 0.6 is 0 Å². The number of rotatable bonds is 6. The van der Waals surface area contributed by atoms with Crippen LogP contribution in [0, 0.1) is 20.8 Å². The molecule has 3 rings (SSSR count). The largest absolute Gasteiger partial charge is 0.421 e. The molecule has 1 aliphatic heterocycles. The molecule has 0 aromatic carbocycles. The Balaban J connectivity index is 1.79. The van der Waals surface area contributed by atoms with Crippen molar-refractivity contribution in [1.82, 2.24) is 24.8 Å². The number of nitrogens with zero attached hydrogens (tertiary/aromatic N) is 3. The number of nitrogens with one attached hydrogen (secondary N) is 2. The van der Waals surface area contributed by atoms with E-state index in [1.165, 1.54) is 19.3 Å². The van der Waals surface area contributed by atoms with Crippen molar-refractivity contribution >= 4 is 10.0 Å². The molecule has 0 bridgehead atoms. The van der Waals surface area contributed by atoms with Crippen molar-refractivity contribution in [2.45, 2.75) is 57.9 Å². The summed E-state index contributed by atoms with van der Waals surface area (Å²) in [4.78, 5) is 5.60. The molecule has 144 valence electrons. The fourth-order valence-electron chi connectivity index (χ4n) is 3.63. The van der Waals surface area contributed by atoms with Crippen LogP contribution in [0.5, 0.6) is 0 Å². The van der Waals surface area contributed by atoms with E-state index >= 15 is 0 Å². The molecule has 3 heterocycles. The highest BCUT2D eigenvalue weighted by atomic mass is 32.2. The van der Waals surface area contributed by atoms with Crippen LogP contribution in [0.4, 0.5) is 0 Å². The average Bonchev–Trinajstić information content (AvgIpc) is 3.12. The number of piperidine rings is 1. The average molecular weight is 382 g/mol. The summed E-state index contributed by atoms with van der Waals surface area (Å²) in [5.74, 6) is 0.614. The Morgan fingerprint density at radius 3 is 2.65 bits per heavy atom. The molecule has 1 fully saturated rings. The van der Waals surface area contributed by atoms with Crippen LogP contribution in [-0.2, 0) is 10.0 Å².